The van der Waals surface area contributed by atoms with Gasteiger partial charge < -0.3 is 15.4 Å². The summed E-state index contributed by atoms with van der Waals surface area (Å²) >= 11 is 1.73. The lowest BCUT2D eigenvalue weighted by atomic mass is 9.87. The highest BCUT2D eigenvalue weighted by Crippen LogP contribution is 2.41. The number of thiazole rings is 1. The molecule has 0 aliphatic carbocycles. The Morgan fingerprint density at radius 1 is 1.41 bits per heavy atom. The number of ether oxygens (including phenoxy) is 1. The Morgan fingerprint density at radius 3 is 2.94 bits per heavy atom. The molecule has 1 spiro atoms. The summed E-state index contributed by atoms with van der Waals surface area (Å²) < 4.78 is 6.81. The van der Waals surface area contributed by atoms with E-state index in [2.05, 4.69) is 9.88 Å². The summed E-state index contributed by atoms with van der Waals surface area (Å²) in [6.07, 6.45) is 1.20. The van der Waals surface area contributed by atoms with Crippen molar-refractivity contribution >= 4 is 32.4 Å². The zero-order valence-electron chi connectivity index (χ0n) is 9.35. The van der Waals surface area contributed by atoms with E-state index in [1.807, 2.05) is 18.2 Å². The molecule has 0 amide bonds. The van der Waals surface area contributed by atoms with Crippen molar-refractivity contribution in [3.63, 3.8) is 0 Å². The molecule has 2 fully saturated rings. The monoisotopic (exact) mass is 247 g/mol. The first kappa shape index (κ1) is 9.67. The molecule has 3 heterocycles. The summed E-state index contributed by atoms with van der Waals surface area (Å²) in [6.45, 7) is 2.90. The van der Waals surface area contributed by atoms with Crippen molar-refractivity contribution in [2.24, 2.45) is 0 Å². The molecule has 0 unspecified atom stereocenters. The van der Waals surface area contributed by atoms with Gasteiger partial charge in [0.25, 0.3) is 0 Å². The Balaban J connectivity index is 1.64. The van der Waals surface area contributed by atoms with Gasteiger partial charge in [-0.2, -0.15) is 0 Å². The van der Waals surface area contributed by atoms with Crippen LogP contribution in [0.4, 0.5) is 10.8 Å². The number of anilines is 2. The van der Waals surface area contributed by atoms with Crippen LogP contribution in [0.2, 0.25) is 0 Å². The van der Waals surface area contributed by atoms with Crippen molar-refractivity contribution in [1.82, 2.24) is 4.98 Å². The van der Waals surface area contributed by atoms with Crippen LogP contribution in [0.25, 0.3) is 10.2 Å². The highest BCUT2D eigenvalue weighted by atomic mass is 32.1. The molecule has 2 saturated heterocycles. The highest BCUT2D eigenvalue weighted by molar-refractivity contribution is 7.22. The number of nitrogens with two attached hydrogens (primary N) is 1. The number of aromatic nitrogens is 1. The molecule has 0 saturated carbocycles. The lowest BCUT2D eigenvalue weighted by Crippen LogP contribution is -2.68. The third-order valence-electron chi connectivity index (χ3n) is 3.59. The second-order valence-corrected chi connectivity index (χ2v) is 5.87. The highest BCUT2D eigenvalue weighted by Gasteiger charge is 2.49. The quantitative estimate of drug-likeness (QED) is 0.781. The Morgan fingerprint density at radius 2 is 2.24 bits per heavy atom. The second-order valence-electron chi connectivity index (χ2n) is 4.86. The molecule has 4 rings (SSSR count). The number of nitrogen functional groups attached to an aromatic ring is 1. The van der Waals surface area contributed by atoms with Crippen molar-refractivity contribution in [3.8, 4) is 0 Å². The third kappa shape index (κ3) is 1.36. The van der Waals surface area contributed by atoms with E-state index in [1.54, 1.807) is 11.3 Å². The maximum Gasteiger partial charge on any atom is 0.186 e. The van der Waals surface area contributed by atoms with E-state index in [1.165, 1.54) is 11.1 Å². The third-order valence-corrected chi connectivity index (χ3v) is 4.69. The molecular weight excluding hydrogens is 234 g/mol. The SMILES string of the molecule is Nc1ccc2sc(N3CC4(CCO4)C3)nc2c1. The van der Waals surface area contributed by atoms with Gasteiger partial charge in [0.05, 0.1) is 29.9 Å². The number of nitrogens with zero attached hydrogens (tertiary/aromatic N) is 2. The molecule has 4 nitrogen and oxygen atoms in total. The normalized spacial score (nSPS) is 21.5. The van der Waals surface area contributed by atoms with Crippen LogP contribution in [0.5, 0.6) is 0 Å². The van der Waals surface area contributed by atoms with E-state index in [0.29, 0.717) is 0 Å². The average molecular weight is 247 g/mol. The fourth-order valence-electron chi connectivity index (χ4n) is 2.49. The molecule has 0 bridgehead atoms. The molecule has 88 valence electrons. The van der Waals surface area contributed by atoms with E-state index >= 15 is 0 Å². The van der Waals surface area contributed by atoms with Crippen LogP contribution < -0.4 is 10.6 Å². The zero-order valence-corrected chi connectivity index (χ0v) is 10.2. The molecule has 2 aliphatic heterocycles. The van der Waals surface area contributed by atoms with Crippen molar-refractivity contribution in [2.75, 3.05) is 30.3 Å². The number of hydrogen-bond acceptors (Lipinski definition) is 5. The van der Waals surface area contributed by atoms with Gasteiger partial charge in [-0.15, -0.1) is 0 Å². The van der Waals surface area contributed by atoms with Crippen molar-refractivity contribution in [3.05, 3.63) is 18.2 Å². The van der Waals surface area contributed by atoms with Gasteiger partial charge in [-0.05, 0) is 18.2 Å². The minimum atomic E-state index is 0.164. The molecule has 2 N–H and O–H groups in total. The molecule has 17 heavy (non-hydrogen) atoms. The molecule has 5 heteroatoms. The van der Waals surface area contributed by atoms with Gasteiger partial charge >= 0.3 is 0 Å². The molecule has 1 aromatic carbocycles. The van der Waals surface area contributed by atoms with Crippen molar-refractivity contribution in [2.45, 2.75) is 12.0 Å². The van der Waals surface area contributed by atoms with E-state index in [4.69, 9.17) is 10.5 Å². The minimum absolute atomic E-state index is 0.164. The first-order valence-corrected chi connectivity index (χ1v) is 6.61. The summed E-state index contributed by atoms with van der Waals surface area (Å²) in [5, 5.41) is 1.09. The van der Waals surface area contributed by atoms with Crippen LogP contribution in [-0.4, -0.2) is 30.3 Å². The Kier molecular flexibility index (Phi) is 1.77. The van der Waals surface area contributed by atoms with Gasteiger partial charge in [0, 0.05) is 12.1 Å². The van der Waals surface area contributed by atoms with Crippen molar-refractivity contribution < 1.29 is 4.74 Å². The van der Waals surface area contributed by atoms with Gasteiger partial charge in [-0.3, -0.25) is 0 Å². The smallest absolute Gasteiger partial charge is 0.186 e. The Bertz CT molecular complexity index is 582. The fraction of sp³-hybridized carbons (Fsp3) is 0.417. The summed E-state index contributed by atoms with van der Waals surface area (Å²) in [5.41, 5.74) is 7.70. The Hall–Kier alpha value is -1.33. The van der Waals surface area contributed by atoms with Gasteiger partial charge in [0.2, 0.25) is 0 Å². The van der Waals surface area contributed by atoms with E-state index in [0.717, 1.165) is 36.0 Å². The number of hydrogen-bond donors (Lipinski definition) is 1. The van der Waals surface area contributed by atoms with Crippen LogP contribution in [0, 0.1) is 0 Å². The molecule has 0 radical (unpaired) electrons. The van der Waals surface area contributed by atoms with Crippen LogP contribution >= 0.6 is 11.3 Å². The van der Waals surface area contributed by atoms with Crippen LogP contribution in [0.1, 0.15) is 6.42 Å². The predicted molar refractivity (Wildman–Crippen MR) is 69.5 cm³/mol. The number of fused-ring (bicyclic) bond motifs is 1. The molecule has 0 atom stereocenters. The van der Waals surface area contributed by atoms with Gasteiger partial charge in [-0.1, -0.05) is 11.3 Å². The fourth-order valence-corrected chi connectivity index (χ4v) is 3.44. The lowest BCUT2D eigenvalue weighted by molar-refractivity contribution is -0.160. The Labute approximate surface area is 103 Å². The minimum Gasteiger partial charge on any atom is -0.399 e. The molecule has 2 aliphatic rings. The first-order chi connectivity index (χ1) is 8.24. The first-order valence-electron chi connectivity index (χ1n) is 5.79. The lowest BCUT2D eigenvalue weighted by Gasteiger charge is -2.55. The van der Waals surface area contributed by atoms with Gasteiger partial charge in [0.15, 0.2) is 5.13 Å². The average Bonchev–Trinajstić information content (AvgIpc) is 2.55. The van der Waals surface area contributed by atoms with Crippen molar-refractivity contribution in [1.29, 1.82) is 0 Å². The number of benzene rings is 1. The molecular formula is C12H13N3OS. The summed E-state index contributed by atoms with van der Waals surface area (Å²) in [5.74, 6) is 0. The summed E-state index contributed by atoms with van der Waals surface area (Å²) in [7, 11) is 0. The zero-order chi connectivity index (χ0) is 11.5. The largest absolute Gasteiger partial charge is 0.399 e. The van der Waals surface area contributed by atoms with Gasteiger partial charge in [0.1, 0.15) is 5.60 Å². The summed E-state index contributed by atoms with van der Waals surface area (Å²) in [6, 6.07) is 5.91. The van der Waals surface area contributed by atoms with Crippen LogP contribution in [0.3, 0.4) is 0 Å². The second kappa shape index (κ2) is 3.11. The van der Waals surface area contributed by atoms with Gasteiger partial charge in [-0.25, -0.2) is 4.98 Å². The van der Waals surface area contributed by atoms with Crippen LogP contribution in [-0.2, 0) is 4.74 Å². The van der Waals surface area contributed by atoms with E-state index in [-0.39, 0.29) is 5.60 Å². The van der Waals surface area contributed by atoms with Crippen LogP contribution in [0.15, 0.2) is 18.2 Å². The standard InChI is InChI=1S/C12H13N3OS/c13-8-1-2-10-9(5-8)14-11(17-10)15-6-12(7-15)3-4-16-12/h1-2,5H,3-4,6-7,13H2. The predicted octanol–water partition coefficient (Wildman–Crippen LogP) is 1.86. The summed E-state index contributed by atoms with van der Waals surface area (Å²) in [4.78, 5) is 6.92. The topological polar surface area (TPSA) is 51.4 Å². The van der Waals surface area contributed by atoms with E-state index in [9.17, 15) is 0 Å². The molecule has 1 aromatic heterocycles. The molecule has 2 aromatic rings. The van der Waals surface area contributed by atoms with E-state index < -0.39 is 0 Å². The number of rotatable bonds is 1. The maximum absolute atomic E-state index is 5.76. The maximum atomic E-state index is 5.76.